The highest BCUT2D eigenvalue weighted by molar-refractivity contribution is 7.52. The largest absolute Gasteiger partial charge is 0.465 e. The summed E-state index contributed by atoms with van der Waals surface area (Å²) in [5.41, 5.74) is -4.12. The maximum absolute atomic E-state index is 16.3. The van der Waals surface area contributed by atoms with Crippen molar-refractivity contribution in [1.82, 2.24) is 14.6 Å². The number of hydrogen-bond acceptors (Lipinski definition) is 10. The predicted molar refractivity (Wildman–Crippen MR) is 137 cm³/mol. The lowest BCUT2D eigenvalue weighted by molar-refractivity contribution is -0.158. The van der Waals surface area contributed by atoms with E-state index in [1.165, 1.54) is 19.1 Å². The number of cyclic esters (lactones) is 1. The minimum atomic E-state index is -4.35. The highest BCUT2D eigenvalue weighted by Gasteiger charge is 2.58. The van der Waals surface area contributed by atoms with Gasteiger partial charge in [0.1, 0.15) is 17.9 Å². The molecule has 0 unspecified atom stereocenters. The van der Waals surface area contributed by atoms with Gasteiger partial charge in [-0.3, -0.25) is 28.5 Å². The van der Waals surface area contributed by atoms with E-state index < -0.39 is 67.7 Å². The third-order valence-corrected chi connectivity index (χ3v) is 8.04. The molecule has 0 radical (unpaired) electrons. The molecular weight excluding hydrogens is 552 g/mol. The Hall–Kier alpha value is -3.32. The van der Waals surface area contributed by atoms with Gasteiger partial charge in [0.2, 0.25) is 0 Å². The van der Waals surface area contributed by atoms with Crippen molar-refractivity contribution < 1.29 is 41.8 Å². The lowest BCUT2D eigenvalue weighted by Crippen LogP contribution is -2.46. The molecule has 2 N–H and O–H groups in total. The number of nitrogens with zero attached hydrogens (tertiary/aromatic N) is 1. The number of rotatable bonds is 3. The lowest BCUT2D eigenvalue weighted by atomic mass is 9.98. The molecule has 15 heteroatoms. The number of H-pyrrole nitrogens is 1. The van der Waals surface area contributed by atoms with Gasteiger partial charge in [-0.2, -0.15) is 5.09 Å². The van der Waals surface area contributed by atoms with E-state index in [2.05, 4.69) is 5.09 Å². The minimum absolute atomic E-state index is 0.0506. The Bertz CT molecular complexity index is 1360. The van der Waals surface area contributed by atoms with Crippen molar-refractivity contribution >= 4 is 19.7 Å². The van der Waals surface area contributed by atoms with Gasteiger partial charge >= 0.3 is 25.4 Å². The molecule has 0 amide bonds. The van der Waals surface area contributed by atoms with E-state index in [9.17, 15) is 23.7 Å². The summed E-state index contributed by atoms with van der Waals surface area (Å²) in [5, 5.41) is 2.53. The molecule has 1 aromatic heterocycles. The van der Waals surface area contributed by atoms with Crippen molar-refractivity contribution in [3.05, 3.63) is 63.4 Å². The summed E-state index contributed by atoms with van der Waals surface area (Å²) < 4.78 is 58.7. The van der Waals surface area contributed by atoms with E-state index in [0.29, 0.717) is 19.3 Å². The second kappa shape index (κ2) is 12.5. The third kappa shape index (κ3) is 7.05. The number of ether oxygens (including phenoxy) is 3. The number of para-hydroxylation sites is 1. The number of fused-ring (bicyclic) bond motifs is 1. The first-order chi connectivity index (χ1) is 19.0. The van der Waals surface area contributed by atoms with Gasteiger partial charge in [0.15, 0.2) is 18.0 Å². The van der Waals surface area contributed by atoms with Gasteiger partial charge in [0.05, 0.1) is 13.2 Å². The summed E-state index contributed by atoms with van der Waals surface area (Å²) in [6, 6.07) is 7.90. The normalized spacial score (nSPS) is 32.5. The van der Waals surface area contributed by atoms with Crippen molar-refractivity contribution in [3.8, 4) is 5.75 Å². The number of benzene rings is 1. The quantitative estimate of drug-likeness (QED) is 0.403. The first-order valence-corrected chi connectivity index (χ1v) is 14.3. The van der Waals surface area contributed by atoms with Gasteiger partial charge < -0.3 is 18.7 Å². The van der Waals surface area contributed by atoms with Crippen molar-refractivity contribution in [1.29, 1.82) is 0 Å². The second-order valence-corrected chi connectivity index (χ2v) is 11.3. The topological polar surface area (TPSA) is 164 Å². The van der Waals surface area contributed by atoms with Crippen molar-refractivity contribution in [2.75, 3.05) is 13.2 Å². The number of carbonyl (C=O) groups is 2. The number of alkyl halides is 1. The highest BCUT2D eigenvalue weighted by Crippen LogP contribution is 2.48. The van der Waals surface area contributed by atoms with Crippen molar-refractivity contribution in [2.45, 2.75) is 69.7 Å². The van der Waals surface area contributed by atoms with E-state index in [1.807, 2.05) is 4.98 Å². The number of halogens is 1. The van der Waals surface area contributed by atoms with Crippen LogP contribution in [0, 0.1) is 0 Å². The fraction of sp³-hybridized carbons (Fsp3) is 0.520. The first-order valence-electron chi connectivity index (χ1n) is 12.8. The van der Waals surface area contributed by atoms with Crippen molar-refractivity contribution in [3.63, 3.8) is 0 Å². The van der Waals surface area contributed by atoms with E-state index in [1.54, 1.807) is 18.2 Å². The number of nitrogens with one attached hydrogen (secondary N) is 2. The molecule has 2 aliphatic heterocycles. The van der Waals surface area contributed by atoms with Crippen LogP contribution in [0.5, 0.6) is 5.75 Å². The van der Waals surface area contributed by atoms with Gasteiger partial charge in [0, 0.05) is 18.7 Å². The maximum atomic E-state index is 16.3. The molecule has 0 saturated carbocycles. The SMILES string of the molecule is C[C@@H]1N[P@](=O)(Oc2ccccc2)OC[C@H]2O[C@@H](n3ccc(=O)[nH]c3=O)[C@](C)(F)[C@@H]2OC(=O)CCCCCOC1=O. The van der Waals surface area contributed by atoms with Gasteiger partial charge in [-0.25, -0.2) is 13.8 Å². The minimum Gasteiger partial charge on any atom is -0.465 e. The van der Waals surface area contributed by atoms with Crippen LogP contribution in [0.25, 0.3) is 0 Å². The molecule has 13 nitrogen and oxygen atoms in total. The molecule has 0 aliphatic carbocycles. The average Bonchev–Trinajstić information content (AvgIpc) is 3.14. The molecule has 2 fully saturated rings. The molecule has 2 saturated heterocycles. The molecule has 218 valence electrons. The highest BCUT2D eigenvalue weighted by atomic mass is 31.2. The number of aromatic nitrogens is 2. The molecule has 0 bridgehead atoms. The van der Waals surface area contributed by atoms with Gasteiger partial charge in [-0.05, 0) is 45.2 Å². The fourth-order valence-corrected chi connectivity index (χ4v) is 5.86. The van der Waals surface area contributed by atoms with Crippen LogP contribution in [0.3, 0.4) is 0 Å². The number of carbonyl (C=O) groups excluding carboxylic acids is 2. The Kier molecular flexibility index (Phi) is 9.24. The van der Waals surface area contributed by atoms with Crippen LogP contribution in [-0.2, 0) is 32.9 Å². The summed E-state index contributed by atoms with van der Waals surface area (Å²) in [6.45, 7) is 1.94. The van der Waals surface area contributed by atoms with Crippen LogP contribution < -0.4 is 20.9 Å². The van der Waals surface area contributed by atoms with E-state index >= 15 is 4.39 Å². The average molecular weight is 584 g/mol. The van der Waals surface area contributed by atoms with E-state index in [4.69, 9.17) is 23.3 Å². The van der Waals surface area contributed by atoms with Crippen LogP contribution in [0.4, 0.5) is 4.39 Å². The van der Waals surface area contributed by atoms with Gasteiger partial charge in [-0.15, -0.1) is 0 Å². The Balaban J connectivity index is 1.66. The maximum Gasteiger partial charge on any atom is 0.459 e. The Morgan fingerprint density at radius 1 is 1.10 bits per heavy atom. The van der Waals surface area contributed by atoms with Crippen LogP contribution in [0.2, 0.25) is 0 Å². The molecule has 4 rings (SSSR count). The zero-order valence-corrected chi connectivity index (χ0v) is 22.8. The van der Waals surface area contributed by atoms with Gasteiger partial charge in [0.25, 0.3) is 5.56 Å². The summed E-state index contributed by atoms with van der Waals surface area (Å²) in [6.07, 6.45) is -2.22. The van der Waals surface area contributed by atoms with Crippen molar-refractivity contribution in [2.24, 2.45) is 0 Å². The number of hydrogen-bond donors (Lipinski definition) is 2. The molecule has 3 heterocycles. The molecule has 6 atom stereocenters. The molecule has 0 spiro atoms. The molecule has 2 aliphatic rings. The van der Waals surface area contributed by atoms with E-state index in [-0.39, 0.29) is 18.8 Å². The zero-order chi connectivity index (χ0) is 28.9. The predicted octanol–water partition coefficient (Wildman–Crippen LogP) is 2.37. The first kappa shape index (κ1) is 29.7. The Morgan fingerprint density at radius 2 is 1.85 bits per heavy atom. The van der Waals surface area contributed by atoms with Crippen LogP contribution >= 0.6 is 7.75 Å². The monoisotopic (exact) mass is 583 g/mol. The molecule has 1 aromatic carbocycles. The van der Waals surface area contributed by atoms with E-state index in [0.717, 1.165) is 23.8 Å². The number of aromatic amines is 1. The Morgan fingerprint density at radius 3 is 2.58 bits per heavy atom. The van der Waals surface area contributed by atoms with Gasteiger partial charge in [-0.1, -0.05) is 18.2 Å². The van der Waals surface area contributed by atoms with Crippen LogP contribution in [0.1, 0.15) is 45.8 Å². The summed E-state index contributed by atoms with van der Waals surface area (Å²) in [7, 11) is -4.35. The zero-order valence-electron chi connectivity index (χ0n) is 21.9. The van der Waals surface area contributed by atoms with Crippen LogP contribution in [0.15, 0.2) is 52.2 Å². The fourth-order valence-electron chi connectivity index (χ4n) is 4.36. The lowest BCUT2D eigenvalue weighted by Gasteiger charge is -2.28. The summed E-state index contributed by atoms with van der Waals surface area (Å²) in [4.78, 5) is 51.2. The number of esters is 2. The third-order valence-electron chi connectivity index (χ3n) is 6.40. The Labute approximate surface area is 228 Å². The van der Waals surface area contributed by atoms with Crippen LogP contribution in [-0.4, -0.2) is 58.6 Å². The smallest absolute Gasteiger partial charge is 0.459 e. The molecule has 2 aromatic rings. The molecule has 40 heavy (non-hydrogen) atoms. The molecular formula is C25H31FN3O10P. The summed E-state index contributed by atoms with van der Waals surface area (Å²) >= 11 is 0. The second-order valence-electron chi connectivity index (χ2n) is 9.63. The summed E-state index contributed by atoms with van der Waals surface area (Å²) in [5.74, 6) is -1.27. The standard InChI is InChI=1S/C25H31FN3O10P/c1-16-22(32)35-14-8-4-7-11-20(31)38-21-18(15-36-40(34,28-16)39-17-9-5-3-6-10-17)37-23(25(21,2)26)29-13-12-19(30)27-24(29)33/h3,5-6,9-10,12-13,16,18,21,23H,4,7-8,11,14-15H2,1-2H3,(H,28,34)(H,27,30,33)/t16-,18+,21+,23+,25+,40+/m0/s1.